The van der Waals surface area contributed by atoms with Crippen LogP contribution in [0, 0.1) is 29.2 Å². The van der Waals surface area contributed by atoms with Gasteiger partial charge in [-0.3, -0.25) is 4.99 Å². The lowest BCUT2D eigenvalue weighted by Gasteiger charge is -2.35. The molecule has 1 aromatic heterocycles. The Morgan fingerprint density at radius 3 is 2.42 bits per heavy atom. The van der Waals surface area contributed by atoms with E-state index in [2.05, 4.69) is 20.0 Å². The number of hydrogen-bond acceptors (Lipinski definition) is 7. The molecule has 1 fully saturated rings. The van der Waals surface area contributed by atoms with Crippen molar-refractivity contribution in [3.63, 3.8) is 0 Å². The molecule has 14 heteroatoms. The van der Waals surface area contributed by atoms with Gasteiger partial charge in [0.25, 0.3) is 0 Å². The molecule has 1 aromatic carbocycles. The summed E-state index contributed by atoms with van der Waals surface area (Å²) in [6.07, 6.45) is 3.49. The van der Waals surface area contributed by atoms with E-state index in [0.717, 1.165) is 31.7 Å². The molecule has 0 saturated heterocycles. The number of allylic oxidation sites excluding steroid dienone is 1. The van der Waals surface area contributed by atoms with Crippen LogP contribution in [-0.4, -0.2) is 44.6 Å². The zero-order valence-electron chi connectivity index (χ0n) is 20.2. The largest absolute Gasteiger partial charge is 0.466 e. The van der Waals surface area contributed by atoms with Crippen LogP contribution in [0.5, 0.6) is 0 Å². The lowest BCUT2D eigenvalue weighted by Crippen LogP contribution is -2.41. The predicted octanol–water partition coefficient (Wildman–Crippen LogP) is 3.92. The maximum absolute atomic E-state index is 14.7. The van der Waals surface area contributed by atoms with Crippen molar-refractivity contribution in [3.8, 4) is 0 Å². The standard InChI is InChI=1S/C24H23ClF4N4O4S/c1-37-24(34)17-20(11-3-5-13(6-4-11)33-38(2,35)36)31-23(22-16(28)9-12(26)10-30-22)32-21(17)14-7-8-15(27)19(29)18(14)25/h7-11,13,21,33H,3-6H2,1-2H3,(H,31,32)/t11?,13?,21-/m1/s1. The molecular formula is C24H23ClF4N4O4S. The number of nitrogens with zero attached hydrogens (tertiary/aromatic N) is 2. The number of carbonyl (C=O) groups is 1. The van der Waals surface area contributed by atoms with E-state index in [0.29, 0.717) is 31.7 Å². The lowest BCUT2D eigenvalue weighted by molar-refractivity contribution is -0.136. The fourth-order valence-corrected chi connectivity index (χ4v) is 5.81. The van der Waals surface area contributed by atoms with E-state index in [-0.39, 0.29) is 40.3 Å². The fourth-order valence-electron chi connectivity index (χ4n) is 4.71. The normalized spacial score (nSPS) is 22.1. The van der Waals surface area contributed by atoms with E-state index in [4.69, 9.17) is 16.3 Å². The molecule has 0 radical (unpaired) electrons. The maximum atomic E-state index is 14.7. The number of pyridine rings is 1. The average Bonchev–Trinajstić information content (AvgIpc) is 2.86. The van der Waals surface area contributed by atoms with Crippen LogP contribution in [0.3, 0.4) is 0 Å². The molecule has 8 nitrogen and oxygen atoms in total. The Kier molecular flexibility index (Phi) is 8.09. The van der Waals surface area contributed by atoms with Gasteiger partial charge in [0.15, 0.2) is 23.3 Å². The monoisotopic (exact) mass is 574 g/mol. The summed E-state index contributed by atoms with van der Waals surface area (Å²) < 4.78 is 87.4. The quantitative estimate of drug-likeness (QED) is 0.307. The van der Waals surface area contributed by atoms with E-state index in [1.54, 1.807) is 0 Å². The van der Waals surface area contributed by atoms with Gasteiger partial charge in [-0.05, 0) is 37.7 Å². The number of ether oxygens (including phenoxy) is 1. The van der Waals surface area contributed by atoms with Gasteiger partial charge >= 0.3 is 5.97 Å². The summed E-state index contributed by atoms with van der Waals surface area (Å²) in [5, 5.41) is 2.30. The van der Waals surface area contributed by atoms with Gasteiger partial charge in [0, 0.05) is 23.4 Å². The van der Waals surface area contributed by atoms with Crippen LogP contribution in [0.15, 0.2) is 40.7 Å². The Balaban J connectivity index is 1.84. The zero-order valence-corrected chi connectivity index (χ0v) is 21.8. The van der Waals surface area contributed by atoms with Crippen molar-refractivity contribution in [1.82, 2.24) is 15.0 Å². The van der Waals surface area contributed by atoms with Gasteiger partial charge in [0.2, 0.25) is 10.0 Å². The topological polar surface area (TPSA) is 110 Å². The highest BCUT2D eigenvalue weighted by Gasteiger charge is 2.38. The fraction of sp³-hybridized carbons (Fsp3) is 0.375. The molecule has 204 valence electrons. The third-order valence-electron chi connectivity index (χ3n) is 6.39. The number of nitrogens with one attached hydrogen (secondary N) is 2. The van der Waals surface area contributed by atoms with Gasteiger partial charge in [-0.1, -0.05) is 17.7 Å². The first kappa shape index (κ1) is 28.0. The Morgan fingerprint density at radius 2 is 1.82 bits per heavy atom. The molecule has 0 spiro atoms. The van der Waals surface area contributed by atoms with Crippen molar-refractivity contribution in [1.29, 1.82) is 0 Å². The summed E-state index contributed by atoms with van der Waals surface area (Å²) in [5.41, 5.74) is -0.261. The van der Waals surface area contributed by atoms with Crippen LogP contribution in [-0.2, 0) is 19.6 Å². The number of hydrogen-bond donors (Lipinski definition) is 2. The molecule has 0 unspecified atom stereocenters. The van der Waals surface area contributed by atoms with Crippen molar-refractivity contribution in [2.75, 3.05) is 13.4 Å². The number of halogens is 5. The van der Waals surface area contributed by atoms with Crippen LogP contribution < -0.4 is 10.0 Å². The molecule has 2 N–H and O–H groups in total. The van der Waals surface area contributed by atoms with E-state index in [9.17, 15) is 30.8 Å². The average molecular weight is 575 g/mol. The van der Waals surface area contributed by atoms with E-state index < -0.39 is 50.3 Å². The number of aliphatic imine (C=N–C) groups is 1. The molecular weight excluding hydrogens is 552 g/mol. The Morgan fingerprint density at radius 1 is 1.13 bits per heavy atom. The zero-order chi connectivity index (χ0) is 27.8. The molecule has 1 atom stereocenters. The number of amidine groups is 1. The second kappa shape index (κ2) is 11.0. The summed E-state index contributed by atoms with van der Waals surface area (Å²) in [5.74, 6) is -5.97. The molecule has 2 aromatic rings. The Hall–Kier alpha value is -3.03. The number of carbonyl (C=O) groups excluding carboxylic acids is 1. The molecule has 1 saturated carbocycles. The minimum Gasteiger partial charge on any atom is -0.466 e. The number of esters is 1. The number of rotatable bonds is 6. The van der Waals surface area contributed by atoms with Crippen LogP contribution in [0.1, 0.15) is 43.0 Å². The van der Waals surface area contributed by atoms with Crippen molar-refractivity contribution in [3.05, 3.63) is 75.2 Å². The molecule has 2 aliphatic rings. The Labute approximate surface area is 221 Å². The number of methoxy groups -OCH3 is 1. The Bertz CT molecular complexity index is 1440. The van der Waals surface area contributed by atoms with Gasteiger partial charge in [-0.2, -0.15) is 0 Å². The minimum absolute atomic E-state index is 0.0637. The first-order valence-electron chi connectivity index (χ1n) is 11.5. The summed E-state index contributed by atoms with van der Waals surface area (Å²) in [4.78, 5) is 21.2. The minimum atomic E-state index is -3.44. The van der Waals surface area contributed by atoms with Crippen LogP contribution >= 0.6 is 11.6 Å². The maximum Gasteiger partial charge on any atom is 0.338 e. The molecule has 0 amide bonds. The van der Waals surface area contributed by atoms with Gasteiger partial charge in [0.05, 0.1) is 30.2 Å². The van der Waals surface area contributed by atoms with Gasteiger partial charge in [0.1, 0.15) is 17.6 Å². The van der Waals surface area contributed by atoms with E-state index >= 15 is 0 Å². The lowest BCUT2D eigenvalue weighted by atomic mass is 9.80. The van der Waals surface area contributed by atoms with E-state index in [1.807, 2.05) is 0 Å². The van der Waals surface area contributed by atoms with Gasteiger partial charge < -0.3 is 10.1 Å². The number of aromatic nitrogens is 1. The summed E-state index contributed by atoms with van der Waals surface area (Å²) in [6, 6.07) is 0.899. The third-order valence-corrected chi connectivity index (χ3v) is 7.53. The summed E-state index contributed by atoms with van der Waals surface area (Å²) >= 11 is 6.12. The molecule has 4 rings (SSSR count). The highest BCUT2D eigenvalue weighted by atomic mass is 35.5. The second-order valence-electron chi connectivity index (χ2n) is 9.01. The van der Waals surface area contributed by atoms with E-state index in [1.165, 1.54) is 0 Å². The molecule has 0 bridgehead atoms. The van der Waals surface area contributed by atoms with Crippen LogP contribution in [0.4, 0.5) is 17.6 Å². The first-order chi connectivity index (χ1) is 17.9. The molecule has 38 heavy (non-hydrogen) atoms. The van der Waals surface area contributed by atoms with Crippen molar-refractivity contribution in [2.24, 2.45) is 10.9 Å². The van der Waals surface area contributed by atoms with Crippen LogP contribution in [0.25, 0.3) is 0 Å². The van der Waals surface area contributed by atoms with Crippen LogP contribution in [0.2, 0.25) is 5.02 Å². The van der Waals surface area contributed by atoms with Crippen molar-refractivity contribution in [2.45, 2.75) is 37.8 Å². The van der Waals surface area contributed by atoms with Crippen molar-refractivity contribution >= 4 is 33.4 Å². The van der Waals surface area contributed by atoms with Gasteiger partial charge in [-0.15, -0.1) is 0 Å². The SMILES string of the molecule is COC(=O)C1=C(C2CCC(NS(C)(=O)=O)CC2)NC(c2ncc(F)cc2F)=N[C@@H]1c1ccc(F)c(F)c1Cl. The molecule has 1 aliphatic carbocycles. The summed E-state index contributed by atoms with van der Waals surface area (Å²) in [7, 11) is -2.31. The predicted molar refractivity (Wildman–Crippen MR) is 131 cm³/mol. The van der Waals surface area contributed by atoms with Gasteiger partial charge in [-0.25, -0.2) is 40.5 Å². The number of sulfonamides is 1. The van der Waals surface area contributed by atoms with Crippen molar-refractivity contribution < 1.29 is 35.5 Å². The molecule has 1 aliphatic heterocycles. The third kappa shape index (κ3) is 5.84. The molecule has 2 heterocycles. The highest BCUT2D eigenvalue weighted by molar-refractivity contribution is 7.88. The first-order valence-corrected chi connectivity index (χ1v) is 13.8. The number of benzene rings is 1. The highest BCUT2D eigenvalue weighted by Crippen LogP contribution is 2.41. The smallest absolute Gasteiger partial charge is 0.338 e. The second-order valence-corrected chi connectivity index (χ2v) is 11.2. The summed E-state index contributed by atoms with van der Waals surface area (Å²) in [6.45, 7) is 0.